The van der Waals surface area contributed by atoms with Gasteiger partial charge in [-0.1, -0.05) is 23.7 Å². The van der Waals surface area contributed by atoms with Crippen LogP contribution in [-0.4, -0.2) is 47.6 Å². The first-order chi connectivity index (χ1) is 20.1. The van der Waals surface area contributed by atoms with Crippen molar-refractivity contribution in [3.05, 3.63) is 75.1 Å². The predicted molar refractivity (Wildman–Crippen MR) is 168 cm³/mol. The number of hydrogen-bond acceptors (Lipinski definition) is 7. The molecule has 0 bridgehead atoms. The van der Waals surface area contributed by atoms with E-state index in [1.807, 2.05) is 37.3 Å². The Labute approximate surface area is 250 Å². The normalized spacial score (nSPS) is 15.9. The molecule has 226 valence electrons. The van der Waals surface area contributed by atoms with Gasteiger partial charge in [0.2, 0.25) is 6.35 Å². The number of guanidine groups is 1. The zero-order chi connectivity index (χ0) is 30.2. The molecule has 4 rings (SSSR count). The number of aromatic amines is 1. The maximum atomic E-state index is 15.1. The van der Waals surface area contributed by atoms with Crippen molar-refractivity contribution in [3.63, 3.8) is 0 Å². The molecular weight excluding hydrogens is 557 g/mol. The quantitative estimate of drug-likeness (QED) is 0.109. The zero-order valence-electron chi connectivity index (χ0n) is 23.9. The molecule has 42 heavy (non-hydrogen) atoms. The van der Waals surface area contributed by atoms with Crippen LogP contribution >= 0.6 is 11.6 Å². The van der Waals surface area contributed by atoms with Gasteiger partial charge in [0.05, 0.1) is 10.7 Å². The summed E-state index contributed by atoms with van der Waals surface area (Å²) in [6.07, 6.45) is 4.74. The van der Waals surface area contributed by atoms with E-state index >= 15 is 4.39 Å². The van der Waals surface area contributed by atoms with Crippen LogP contribution in [0.5, 0.6) is 0 Å². The number of aliphatic imine (C=N–C) groups is 1. The predicted octanol–water partition coefficient (Wildman–Crippen LogP) is 1.77. The van der Waals surface area contributed by atoms with Gasteiger partial charge in [-0.15, -0.1) is 0 Å². The number of aliphatic hydroxyl groups is 1. The highest BCUT2D eigenvalue weighted by Gasteiger charge is 2.20. The zero-order valence-corrected chi connectivity index (χ0v) is 24.6. The summed E-state index contributed by atoms with van der Waals surface area (Å²) in [4.78, 5) is 13.3. The van der Waals surface area contributed by atoms with Crippen molar-refractivity contribution in [2.24, 2.45) is 32.9 Å². The highest BCUT2D eigenvalue weighted by Crippen LogP contribution is 2.29. The van der Waals surface area contributed by atoms with E-state index in [0.717, 1.165) is 54.1 Å². The fourth-order valence-electron chi connectivity index (χ4n) is 4.97. The van der Waals surface area contributed by atoms with Crippen LogP contribution in [0, 0.1) is 5.82 Å². The van der Waals surface area contributed by atoms with Crippen LogP contribution in [0.4, 0.5) is 10.1 Å². The third-order valence-electron chi connectivity index (χ3n) is 7.22. The topological polar surface area (TPSA) is 180 Å². The molecule has 0 radical (unpaired) electrons. The van der Waals surface area contributed by atoms with Crippen molar-refractivity contribution < 1.29 is 9.50 Å². The first kappa shape index (κ1) is 31.5. The number of nitrogens with two attached hydrogens (primary N) is 4. The molecule has 3 atom stereocenters. The number of aromatic nitrogens is 1. The van der Waals surface area contributed by atoms with Crippen LogP contribution in [0.1, 0.15) is 43.7 Å². The SMILES string of the molecule is C[C@H](N)CCCc1cc(Cl)c(F)c(-c2cc3c([nH]2)=NC(O)N(c2ccc(CN[C@@H](CCN)CCN=C(N)N)cc2)C=3)c1. The molecule has 0 aliphatic carbocycles. The Morgan fingerprint density at radius 1 is 1.17 bits per heavy atom. The largest absolute Gasteiger partial charge is 0.370 e. The number of anilines is 1. The number of nitrogens with zero attached hydrogens (tertiary/aromatic N) is 3. The molecule has 11 N–H and O–H groups in total. The summed E-state index contributed by atoms with van der Waals surface area (Å²) >= 11 is 6.25. The van der Waals surface area contributed by atoms with E-state index in [-0.39, 0.29) is 23.1 Å². The lowest BCUT2D eigenvalue weighted by molar-refractivity contribution is 0.186. The summed E-state index contributed by atoms with van der Waals surface area (Å²) in [5, 5.41) is 15.1. The molecule has 2 heterocycles. The first-order valence-corrected chi connectivity index (χ1v) is 14.6. The molecule has 0 amide bonds. The molecule has 12 heteroatoms. The van der Waals surface area contributed by atoms with Crippen LogP contribution in [0.3, 0.4) is 0 Å². The van der Waals surface area contributed by atoms with Gasteiger partial charge in [-0.3, -0.25) is 4.99 Å². The number of benzene rings is 2. The minimum Gasteiger partial charge on any atom is -0.370 e. The number of aryl methyl sites for hydroxylation is 1. The molecule has 0 spiro atoms. The van der Waals surface area contributed by atoms with Gasteiger partial charge in [0.1, 0.15) is 5.49 Å². The Morgan fingerprint density at radius 3 is 2.62 bits per heavy atom. The number of H-pyrrole nitrogens is 1. The minimum absolute atomic E-state index is 0.0659. The van der Waals surface area contributed by atoms with E-state index in [4.69, 9.17) is 34.5 Å². The van der Waals surface area contributed by atoms with E-state index in [9.17, 15) is 5.11 Å². The lowest BCUT2D eigenvalue weighted by Gasteiger charge is -2.25. The first-order valence-electron chi connectivity index (χ1n) is 14.2. The van der Waals surface area contributed by atoms with E-state index < -0.39 is 12.2 Å². The number of nitrogens with one attached hydrogen (secondary N) is 2. The second kappa shape index (κ2) is 14.6. The number of aliphatic hydroxyl groups excluding tert-OH is 1. The van der Waals surface area contributed by atoms with Gasteiger partial charge in [-0.2, -0.15) is 0 Å². The summed E-state index contributed by atoms with van der Waals surface area (Å²) in [5.41, 5.74) is 26.6. The van der Waals surface area contributed by atoms with Crippen molar-refractivity contribution in [1.82, 2.24) is 10.3 Å². The van der Waals surface area contributed by atoms with E-state index in [1.165, 1.54) is 0 Å². The Bertz CT molecular complexity index is 1490. The van der Waals surface area contributed by atoms with Gasteiger partial charge >= 0.3 is 0 Å². The maximum absolute atomic E-state index is 15.1. The highest BCUT2D eigenvalue weighted by atomic mass is 35.5. The van der Waals surface area contributed by atoms with Crippen LogP contribution in [-0.2, 0) is 13.0 Å². The lowest BCUT2D eigenvalue weighted by Crippen LogP contribution is -2.41. The molecule has 0 fully saturated rings. The second-order valence-electron chi connectivity index (χ2n) is 10.7. The molecule has 1 unspecified atom stereocenters. The van der Waals surface area contributed by atoms with Crippen molar-refractivity contribution in [3.8, 4) is 11.3 Å². The fraction of sp³-hybridized carbons (Fsp3) is 0.400. The van der Waals surface area contributed by atoms with Gasteiger partial charge in [-0.05, 0) is 87.0 Å². The molecule has 0 saturated heterocycles. The number of rotatable bonds is 14. The average molecular weight is 598 g/mol. The molecule has 0 saturated carbocycles. The molecule has 10 nitrogen and oxygen atoms in total. The van der Waals surface area contributed by atoms with E-state index in [1.54, 1.807) is 23.2 Å². The van der Waals surface area contributed by atoms with Gasteiger partial charge in [0.15, 0.2) is 11.8 Å². The van der Waals surface area contributed by atoms with Gasteiger partial charge in [0, 0.05) is 47.8 Å². The van der Waals surface area contributed by atoms with Crippen LogP contribution in [0.2, 0.25) is 5.02 Å². The second-order valence-corrected chi connectivity index (χ2v) is 11.1. The van der Waals surface area contributed by atoms with Crippen LogP contribution in [0.15, 0.2) is 52.4 Å². The summed E-state index contributed by atoms with van der Waals surface area (Å²) < 4.78 is 15.1. The summed E-state index contributed by atoms with van der Waals surface area (Å²) in [7, 11) is 0. The molecule has 1 aliphatic rings. The smallest absolute Gasteiger partial charge is 0.231 e. The van der Waals surface area contributed by atoms with Crippen LogP contribution < -0.4 is 43.9 Å². The standard InChI is InChI=1S/C30H41ClFN9O/c1-18(34)3-2-4-20-13-24(27(32)25(31)14-20)26-15-21-17-41(30(42)40-28(21)39-26)23-7-5-19(6-8-23)16-38-22(9-11-33)10-12-37-29(35)36/h5-8,13-15,17-18,22,30,38,42H,2-4,9-12,16,33-34H2,1H3,(H,39,40)(H4,35,36,37)/t18-,22-,30?/m0/s1. The summed E-state index contributed by atoms with van der Waals surface area (Å²) in [6, 6.07) is 13.4. The van der Waals surface area contributed by atoms with Crippen LogP contribution in [0.25, 0.3) is 17.5 Å². The molecule has 2 aromatic carbocycles. The Hall–Kier alpha value is -3.48. The van der Waals surface area contributed by atoms with Gasteiger partial charge in [-0.25, -0.2) is 9.38 Å². The summed E-state index contributed by atoms with van der Waals surface area (Å²) in [6.45, 7) is 3.71. The fourth-order valence-corrected chi connectivity index (χ4v) is 5.21. The number of hydrogen-bond donors (Lipinski definition) is 7. The minimum atomic E-state index is -1.14. The average Bonchev–Trinajstić information content (AvgIpc) is 3.35. The van der Waals surface area contributed by atoms with Crippen molar-refractivity contribution in [2.75, 3.05) is 18.0 Å². The van der Waals surface area contributed by atoms with Gasteiger partial charge in [0.25, 0.3) is 0 Å². The van der Waals surface area contributed by atoms with Crippen molar-refractivity contribution >= 4 is 29.4 Å². The third kappa shape index (κ3) is 8.30. The third-order valence-corrected chi connectivity index (χ3v) is 7.49. The number of fused-ring (bicyclic) bond motifs is 1. The maximum Gasteiger partial charge on any atom is 0.231 e. The molecule has 1 aliphatic heterocycles. The van der Waals surface area contributed by atoms with Crippen molar-refractivity contribution in [2.45, 2.75) is 64.0 Å². The monoisotopic (exact) mass is 597 g/mol. The Balaban J connectivity index is 1.48. The lowest BCUT2D eigenvalue weighted by atomic mass is 10.0. The molecule has 3 aromatic rings. The summed E-state index contributed by atoms with van der Waals surface area (Å²) in [5.74, 6) is -0.421. The van der Waals surface area contributed by atoms with E-state index in [2.05, 4.69) is 20.3 Å². The van der Waals surface area contributed by atoms with Gasteiger partial charge < -0.3 is 43.2 Å². The van der Waals surface area contributed by atoms with E-state index in [0.29, 0.717) is 36.4 Å². The highest BCUT2D eigenvalue weighted by molar-refractivity contribution is 6.31. The number of halogens is 2. The molecule has 1 aromatic heterocycles. The molecular formula is C30H41ClFN9O. The Kier molecular flexibility index (Phi) is 10.9. The van der Waals surface area contributed by atoms with Crippen molar-refractivity contribution in [1.29, 1.82) is 0 Å². The Morgan fingerprint density at radius 2 is 1.93 bits per heavy atom.